The largest absolute Gasteiger partial charge is 0.374 e. The van der Waals surface area contributed by atoms with Crippen LogP contribution in [0.5, 0.6) is 0 Å². The van der Waals surface area contributed by atoms with Crippen molar-refractivity contribution in [2.45, 2.75) is 6.54 Å². The summed E-state index contributed by atoms with van der Waals surface area (Å²) in [6.07, 6.45) is 2.61. The van der Waals surface area contributed by atoms with Crippen LogP contribution in [0.2, 0.25) is 0 Å². The van der Waals surface area contributed by atoms with E-state index >= 15 is 0 Å². The summed E-state index contributed by atoms with van der Waals surface area (Å²) in [6, 6.07) is 5.94. The number of anilines is 1. The van der Waals surface area contributed by atoms with Gasteiger partial charge in [0.25, 0.3) is 5.69 Å². The standard InChI is InChI=1S/C12H9BrN4O4/c13-10-6-14-7-11(17(20)21)12(10)15-5-8-1-3-9(4-2-8)16(18)19/h1-4,6-7H,5H2,(H,14,15). The number of rotatable bonds is 5. The normalized spacial score (nSPS) is 10.1. The molecule has 0 amide bonds. The van der Waals surface area contributed by atoms with Crippen molar-refractivity contribution in [1.29, 1.82) is 0 Å². The molecule has 1 heterocycles. The van der Waals surface area contributed by atoms with E-state index in [-0.39, 0.29) is 11.4 Å². The number of nitrogens with zero attached hydrogens (tertiary/aromatic N) is 3. The minimum Gasteiger partial charge on any atom is -0.374 e. The Hall–Kier alpha value is -2.55. The highest BCUT2D eigenvalue weighted by molar-refractivity contribution is 9.10. The van der Waals surface area contributed by atoms with Crippen LogP contribution in [-0.4, -0.2) is 14.8 Å². The highest BCUT2D eigenvalue weighted by Gasteiger charge is 2.17. The van der Waals surface area contributed by atoms with Crippen molar-refractivity contribution >= 4 is 33.0 Å². The number of nitro groups is 2. The highest BCUT2D eigenvalue weighted by Crippen LogP contribution is 2.31. The second-order valence-electron chi connectivity index (χ2n) is 4.05. The number of benzene rings is 1. The lowest BCUT2D eigenvalue weighted by Gasteiger charge is -2.08. The molecule has 8 nitrogen and oxygen atoms in total. The van der Waals surface area contributed by atoms with Crippen LogP contribution < -0.4 is 5.32 Å². The Labute approximate surface area is 127 Å². The molecule has 0 aliphatic rings. The molecule has 0 spiro atoms. The Morgan fingerprint density at radius 1 is 1.10 bits per heavy atom. The lowest BCUT2D eigenvalue weighted by atomic mass is 10.2. The van der Waals surface area contributed by atoms with Gasteiger partial charge < -0.3 is 5.32 Å². The Balaban J connectivity index is 2.16. The Kier molecular flexibility index (Phi) is 4.43. The predicted octanol–water partition coefficient (Wildman–Crippen LogP) is 3.27. The molecule has 0 atom stereocenters. The van der Waals surface area contributed by atoms with Crippen molar-refractivity contribution in [3.63, 3.8) is 0 Å². The minimum atomic E-state index is -0.532. The van der Waals surface area contributed by atoms with Gasteiger partial charge in [0.1, 0.15) is 11.9 Å². The Bertz CT molecular complexity index is 690. The van der Waals surface area contributed by atoms with Gasteiger partial charge in [-0.25, -0.2) is 0 Å². The zero-order valence-electron chi connectivity index (χ0n) is 10.5. The van der Waals surface area contributed by atoms with Crippen molar-refractivity contribution in [3.05, 3.63) is 66.9 Å². The van der Waals surface area contributed by atoms with Gasteiger partial charge in [0, 0.05) is 24.9 Å². The third kappa shape index (κ3) is 3.51. The summed E-state index contributed by atoms with van der Waals surface area (Å²) in [5.41, 5.74) is 0.924. The second-order valence-corrected chi connectivity index (χ2v) is 4.90. The number of halogens is 1. The van der Waals surface area contributed by atoms with E-state index in [2.05, 4.69) is 26.2 Å². The monoisotopic (exact) mass is 352 g/mol. The fourth-order valence-corrected chi connectivity index (χ4v) is 2.13. The summed E-state index contributed by atoms with van der Waals surface area (Å²) in [6.45, 7) is 0.293. The van der Waals surface area contributed by atoms with Crippen LogP contribution in [0, 0.1) is 20.2 Å². The molecular formula is C12H9BrN4O4. The van der Waals surface area contributed by atoms with Crippen LogP contribution >= 0.6 is 15.9 Å². The molecule has 2 aromatic rings. The minimum absolute atomic E-state index is 0.00479. The Morgan fingerprint density at radius 2 is 1.76 bits per heavy atom. The first kappa shape index (κ1) is 14.9. The third-order valence-corrected chi connectivity index (χ3v) is 3.29. The topological polar surface area (TPSA) is 111 Å². The van der Waals surface area contributed by atoms with Crippen molar-refractivity contribution in [3.8, 4) is 0 Å². The van der Waals surface area contributed by atoms with Crippen LogP contribution in [-0.2, 0) is 6.54 Å². The van der Waals surface area contributed by atoms with Gasteiger partial charge in [-0.15, -0.1) is 0 Å². The molecule has 0 saturated heterocycles. The van der Waals surface area contributed by atoms with Gasteiger partial charge in [0.2, 0.25) is 0 Å². The van der Waals surface area contributed by atoms with E-state index in [0.717, 1.165) is 11.8 Å². The van der Waals surface area contributed by atoms with E-state index in [0.29, 0.717) is 16.7 Å². The smallest absolute Gasteiger partial charge is 0.311 e. The summed E-state index contributed by atoms with van der Waals surface area (Å²) in [5, 5.41) is 24.4. The summed E-state index contributed by atoms with van der Waals surface area (Å²) >= 11 is 3.20. The van der Waals surface area contributed by atoms with E-state index in [1.54, 1.807) is 12.1 Å². The first-order valence-electron chi connectivity index (χ1n) is 5.74. The molecule has 0 aliphatic heterocycles. The Morgan fingerprint density at radius 3 is 2.33 bits per heavy atom. The first-order valence-corrected chi connectivity index (χ1v) is 6.53. The van der Waals surface area contributed by atoms with Crippen molar-refractivity contribution in [1.82, 2.24) is 4.98 Å². The molecule has 1 aromatic carbocycles. The SMILES string of the molecule is O=[N+]([O-])c1ccc(CNc2c(Br)cncc2[N+](=O)[O-])cc1. The molecule has 1 aromatic heterocycles. The molecule has 1 N–H and O–H groups in total. The number of pyridine rings is 1. The molecule has 0 saturated carbocycles. The van der Waals surface area contributed by atoms with Crippen LogP contribution in [0.4, 0.5) is 17.1 Å². The molecule has 0 radical (unpaired) electrons. The first-order chi connectivity index (χ1) is 9.99. The fourth-order valence-electron chi connectivity index (χ4n) is 1.66. The van der Waals surface area contributed by atoms with Crippen molar-refractivity contribution in [2.24, 2.45) is 0 Å². The lowest BCUT2D eigenvalue weighted by molar-refractivity contribution is -0.384. The van der Waals surface area contributed by atoms with Crippen LogP contribution in [0.15, 0.2) is 41.1 Å². The molecule has 2 rings (SSSR count). The molecule has 21 heavy (non-hydrogen) atoms. The number of nitrogens with one attached hydrogen (secondary N) is 1. The number of hydrogen-bond donors (Lipinski definition) is 1. The number of aromatic nitrogens is 1. The highest BCUT2D eigenvalue weighted by atomic mass is 79.9. The average molecular weight is 353 g/mol. The molecule has 0 fully saturated rings. The van der Waals surface area contributed by atoms with E-state index in [4.69, 9.17) is 0 Å². The summed E-state index contributed by atoms with van der Waals surface area (Å²) in [4.78, 5) is 24.2. The van der Waals surface area contributed by atoms with Crippen LogP contribution in [0.3, 0.4) is 0 Å². The number of non-ortho nitro benzene ring substituents is 1. The van der Waals surface area contributed by atoms with Gasteiger partial charge in [0.15, 0.2) is 0 Å². The second kappa shape index (κ2) is 6.27. The number of hydrogen-bond acceptors (Lipinski definition) is 6. The van der Waals surface area contributed by atoms with Gasteiger partial charge >= 0.3 is 5.69 Å². The lowest BCUT2D eigenvalue weighted by Crippen LogP contribution is -2.04. The molecule has 9 heteroatoms. The molecular weight excluding hydrogens is 344 g/mol. The van der Waals surface area contributed by atoms with Crippen molar-refractivity contribution in [2.75, 3.05) is 5.32 Å². The van der Waals surface area contributed by atoms with E-state index in [9.17, 15) is 20.2 Å². The summed E-state index contributed by atoms with van der Waals surface area (Å²) in [5.74, 6) is 0. The van der Waals surface area contributed by atoms with E-state index in [1.165, 1.54) is 18.3 Å². The molecule has 0 bridgehead atoms. The van der Waals surface area contributed by atoms with Gasteiger partial charge in [-0.1, -0.05) is 12.1 Å². The number of nitro benzene ring substituents is 1. The maximum absolute atomic E-state index is 10.9. The quantitative estimate of drug-likeness (QED) is 0.652. The summed E-state index contributed by atoms with van der Waals surface area (Å²) < 4.78 is 0.471. The van der Waals surface area contributed by atoms with Crippen LogP contribution in [0.1, 0.15) is 5.56 Å². The maximum Gasteiger partial charge on any atom is 0.311 e. The van der Waals surface area contributed by atoms with E-state index in [1.807, 2.05) is 0 Å². The molecule has 0 aliphatic carbocycles. The third-order valence-electron chi connectivity index (χ3n) is 2.69. The van der Waals surface area contributed by atoms with Crippen LogP contribution in [0.25, 0.3) is 0 Å². The zero-order valence-corrected chi connectivity index (χ0v) is 12.1. The molecule has 108 valence electrons. The van der Waals surface area contributed by atoms with E-state index < -0.39 is 9.85 Å². The predicted molar refractivity (Wildman–Crippen MR) is 79.0 cm³/mol. The fraction of sp³-hybridized carbons (Fsp3) is 0.0833. The average Bonchev–Trinajstić information content (AvgIpc) is 2.46. The zero-order chi connectivity index (χ0) is 15.4. The van der Waals surface area contributed by atoms with Gasteiger partial charge in [0.05, 0.1) is 14.3 Å². The van der Waals surface area contributed by atoms with Gasteiger partial charge in [-0.3, -0.25) is 25.2 Å². The molecule has 0 unspecified atom stereocenters. The summed E-state index contributed by atoms with van der Waals surface area (Å²) in [7, 11) is 0. The van der Waals surface area contributed by atoms with Gasteiger partial charge in [-0.2, -0.15) is 0 Å². The van der Waals surface area contributed by atoms with Crippen molar-refractivity contribution < 1.29 is 9.85 Å². The van der Waals surface area contributed by atoms with Gasteiger partial charge in [-0.05, 0) is 21.5 Å². The maximum atomic E-state index is 10.9.